The van der Waals surface area contributed by atoms with Crippen LogP contribution in [0.3, 0.4) is 0 Å². The summed E-state index contributed by atoms with van der Waals surface area (Å²) in [7, 11) is 0. The summed E-state index contributed by atoms with van der Waals surface area (Å²) in [5, 5.41) is 3.23. The lowest BCUT2D eigenvalue weighted by Gasteiger charge is -2.26. The van der Waals surface area contributed by atoms with E-state index in [1.54, 1.807) is 17.4 Å². The number of allylic oxidation sites excluding steroid dienone is 2. The fraction of sp³-hybridized carbons (Fsp3) is 0.581. The number of nitrogens with one attached hydrogen (secondary N) is 1. The first kappa shape index (κ1) is 31.9. The molecule has 36 heavy (non-hydrogen) atoms. The Balaban J connectivity index is 0.000000982. The van der Waals surface area contributed by atoms with Crippen molar-refractivity contribution >= 4 is 17.2 Å². The summed E-state index contributed by atoms with van der Waals surface area (Å²) < 4.78 is 19.5. The minimum absolute atomic E-state index is 0.0321. The lowest BCUT2D eigenvalue weighted by atomic mass is 9.90. The van der Waals surface area contributed by atoms with E-state index < -0.39 is 0 Å². The number of thiophene rings is 1. The summed E-state index contributed by atoms with van der Waals surface area (Å²) in [5.74, 6) is 1.81. The van der Waals surface area contributed by atoms with Crippen LogP contribution in [0, 0.1) is 18.8 Å². The number of carbonyl (C=O) groups excluding carboxylic acids is 1. The number of fused-ring (bicyclic) bond motifs is 1. The molecule has 1 aliphatic heterocycles. The standard InChI is InChI=1S/C25H32FNO2S.C4H10.C2H6/c1-6-18(26)14-15(3)16(4)23-19(7-2)17(5)24(30-23)25(28)27-21-12-13-29-22-11-9-8-10-20(21)22;1-4(2)3;1-2/h8-11,14-16,21H,6-7,12-13H2,1-5H3,(H,27,28);4H,1-3H3;1-2H3/b18-14+;;. The number of hydrogen-bond acceptors (Lipinski definition) is 3. The molecule has 202 valence electrons. The van der Waals surface area contributed by atoms with Crippen molar-refractivity contribution in [2.75, 3.05) is 6.61 Å². The van der Waals surface area contributed by atoms with E-state index >= 15 is 0 Å². The molecule has 0 bridgehead atoms. The van der Waals surface area contributed by atoms with Gasteiger partial charge in [0.25, 0.3) is 5.91 Å². The van der Waals surface area contributed by atoms with Gasteiger partial charge in [0.15, 0.2) is 0 Å². The summed E-state index contributed by atoms with van der Waals surface area (Å²) in [6.45, 7) is 21.3. The lowest BCUT2D eigenvalue weighted by molar-refractivity contribution is 0.0928. The van der Waals surface area contributed by atoms with Gasteiger partial charge in [-0.1, -0.05) is 80.5 Å². The second kappa shape index (κ2) is 15.9. The SMILES string of the molecule is CC.CC(C)C.CC/C(F)=C\C(C)C(C)c1sc(C(=O)NC2CCOc3ccccc32)c(C)c1CC. The van der Waals surface area contributed by atoms with Crippen LogP contribution in [0.2, 0.25) is 0 Å². The van der Waals surface area contributed by atoms with Gasteiger partial charge in [0, 0.05) is 16.9 Å². The molecule has 0 saturated heterocycles. The Morgan fingerprint density at radius 3 is 2.36 bits per heavy atom. The second-order valence-corrected chi connectivity index (χ2v) is 10.9. The fourth-order valence-corrected chi connectivity index (χ4v) is 5.56. The van der Waals surface area contributed by atoms with Gasteiger partial charge in [0.1, 0.15) is 5.75 Å². The first-order valence-corrected chi connectivity index (χ1v) is 14.4. The number of ether oxygens (including phenoxy) is 1. The molecular formula is C31H48FNO2S. The Hall–Kier alpha value is -2.14. The molecule has 1 aromatic heterocycles. The highest BCUT2D eigenvalue weighted by Crippen LogP contribution is 2.39. The monoisotopic (exact) mass is 517 g/mol. The summed E-state index contributed by atoms with van der Waals surface area (Å²) in [4.78, 5) is 15.2. The van der Waals surface area contributed by atoms with Crippen LogP contribution in [-0.4, -0.2) is 12.5 Å². The number of hydrogen-bond donors (Lipinski definition) is 1. The van der Waals surface area contributed by atoms with Crippen LogP contribution < -0.4 is 10.1 Å². The Morgan fingerprint density at radius 2 is 1.78 bits per heavy atom. The Labute approximate surface area is 223 Å². The molecule has 2 heterocycles. The van der Waals surface area contributed by atoms with Gasteiger partial charge in [-0.2, -0.15) is 0 Å². The minimum Gasteiger partial charge on any atom is -0.493 e. The molecule has 0 aliphatic carbocycles. The number of rotatable bonds is 7. The first-order chi connectivity index (χ1) is 17.1. The van der Waals surface area contributed by atoms with Gasteiger partial charge >= 0.3 is 0 Å². The van der Waals surface area contributed by atoms with Gasteiger partial charge in [0.2, 0.25) is 0 Å². The molecule has 1 aliphatic rings. The second-order valence-electron chi connectivity index (χ2n) is 9.80. The molecule has 0 spiro atoms. The maximum absolute atomic E-state index is 13.8. The van der Waals surface area contributed by atoms with E-state index in [1.807, 2.05) is 58.9 Å². The smallest absolute Gasteiger partial charge is 0.262 e. The van der Waals surface area contributed by atoms with E-state index in [0.29, 0.717) is 13.0 Å². The van der Waals surface area contributed by atoms with Crippen molar-refractivity contribution < 1.29 is 13.9 Å². The third kappa shape index (κ3) is 8.76. The van der Waals surface area contributed by atoms with Crippen molar-refractivity contribution in [1.82, 2.24) is 5.32 Å². The van der Waals surface area contributed by atoms with Crippen LogP contribution >= 0.6 is 11.3 Å². The third-order valence-corrected chi connectivity index (χ3v) is 7.64. The third-order valence-electron chi connectivity index (χ3n) is 6.11. The number of benzene rings is 1. The first-order valence-electron chi connectivity index (χ1n) is 13.6. The van der Waals surface area contributed by atoms with E-state index in [0.717, 1.165) is 40.5 Å². The van der Waals surface area contributed by atoms with Gasteiger partial charge in [-0.15, -0.1) is 11.3 Å². The predicted octanol–water partition coefficient (Wildman–Crippen LogP) is 9.56. The zero-order chi connectivity index (χ0) is 27.4. The quantitative estimate of drug-likeness (QED) is 0.397. The van der Waals surface area contributed by atoms with Crippen LogP contribution in [0.25, 0.3) is 0 Å². The largest absolute Gasteiger partial charge is 0.493 e. The van der Waals surface area contributed by atoms with Crippen LogP contribution in [0.15, 0.2) is 36.2 Å². The highest BCUT2D eigenvalue weighted by Gasteiger charge is 2.28. The fourth-order valence-electron chi connectivity index (χ4n) is 4.10. The molecule has 1 N–H and O–H groups in total. The lowest BCUT2D eigenvalue weighted by Crippen LogP contribution is -2.32. The molecule has 3 unspecified atom stereocenters. The van der Waals surface area contributed by atoms with Crippen LogP contribution in [0.1, 0.15) is 118 Å². The van der Waals surface area contributed by atoms with Crippen molar-refractivity contribution in [2.24, 2.45) is 11.8 Å². The van der Waals surface area contributed by atoms with Gasteiger partial charge in [-0.25, -0.2) is 4.39 Å². The number of halogens is 1. The van der Waals surface area contributed by atoms with E-state index in [2.05, 4.69) is 39.9 Å². The minimum atomic E-state index is -0.0724. The van der Waals surface area contributed by atoms with Crippen LogP contribution in [-0.2, 0) is 6.42 Å². The number of amides is 1. The predicted molar refractivity (Wildman–Crippen MR) is 154 cm³/mol. The Kier molecular flexibility index (Phi) is 14.0. The normalized spacial score (nSPS) is 16.4. The highest BCUT2D eigenvalue weighted by molar-refractivity contribution is 7.14. The van der Waals surface area contributed by atoms with Crippen molar-refractivity contribution in [3.63, 3.8) is 0 Å². The van der Waals surface area contributed by atoms with Crippen molar-refractivity contribution in [3.05, 3.63) is 62.6 Å². The highest BCUT2D eigenvalue weighted by atomic mass is 32.1. The zero-order valence-electron chi connectivity index (χ0n) is 24.1. The number of carbonyl (C=O) groups is 1. The molecule has 0 fully saturated rings. The van der Waals surface area contributed by atoms with E-state index in [-0.39, 0.29) is 29.6 Å². The maximum atomic E-state index is 13.8. The zero-order valence-corrected chi connectivity index (χ0v) is 24.9. The molecule has 3 nitrogen and oxygen atoms in total. The van der Waals surface area contributed by atoms with Gasteiger partial charge < -0.3 is 10.1 Å². The van der Waals surface area contributed by atoms with Crippen LogP contribution in [0.5, 0.6) is 5.75 Å². The molecular weight excluding hydrogens is 469 g/mol. The van der Waals surface area contributed by atoms with E-state index in [1.165, 1.54) is 10.4 Å². The van der Waals surface area contributed by atoms with Crippen molar-refractivity contribution in [3.8, 4) is 5.75 Å². The summed E-state index contributed by atoms with van der Waals surface area (Å²) >= 11 is 1.56. The number of para-hydroxylation sites is 1. The molecule has 5 heteroatoms. The Bertz CT molecular complexity index is 976. The molecule has 3 rings (SSSR count). The average molecular weight is 518 g/mol. The van der Waals surface area contributed by atoms with Gasteiger partial charge in [-0.3, -0.25) is 4.79 Å². The molecule has 3 atom stereocenters. The summed E-state index contributed by atoms with van der Waals surface area (Å²) in [6, 6.07) is 7.84. The van der Waals surface area contributed by atoms with Gasteiger partial charge in [-0.05, 0) is 60.8 Å². The topological polar surface area (TPSA) is 38.3 Å². The van der Waals surface area contributed by atoms with E-state index in [9.17, 15) is 9.18 Å². The summed E-state index contributed by atoms with van der Waals surface area (Å²) in [6.07, 6.45) is 3.76. The maximum Gasteiger partial charge on any atom is 0.262 e. The summed E-state index contributed by atoms with van der Waals surface area (Å²) in [5.41, 5.74) is 3.31. The van der Waals surface area contributed by atoms with E-state index in [4.69, 9.17) is 4.74 Å². The molecule has 0 saturated carbocycles. The molecule has 0 radical (unpaired) electrons. The Morgan fingerprint density at radius 1 is 1.17 bits per heavy atom. The van der Waals surface area contributed by atoms with Gasteiger partial charge in [0.05, 0.1) is 23.4 Å². The average Bonchev–Trinajstić information content (AvgIpc) is 3.20. The van der Waals surface area contributed by atoms with Crippen molar-refractivity contribution in [2.45, 2.75) is 100 Å². The molecule has 1 amide bonds. The molecule has 1 aromatic carbocycles. The van der Waals surface area contributed by atoms with Crippen molar-refractivity contribution in [1.29, 1.82) is 0 Å². The molecule has 2 aromatic rings. The van der Waals surface area contributed by atoms with Crippen LogP contribution in [0.4, 0.5) is 4.39 Å².